The van der Waals surface area contributed by atoms with Crippen LogP contribution in [0.1, 0.15) is 15.9 Å². The molecule has 0 aliphatic rings. The number of thioether (sulfide) groups is 1. The summed E-state index contributed by atoms with van der Waals surface area (Å²) in [5.41, 5.74) is 2.12. The first-order chi connectivity index (χ1) is 20.4. The van der Waals surface area contributed by atoms with Crippen LogP contribution in [-0.2, 0) is 9.59 Å². The number of halogens is 1. The van der Waals surface area contributed by atoms with Gasteiger partial charge in [0.05, 0.1) is 25.7 Å². The van der Waals surface area contributed by atoms with Crippen LogP contribution in [0.4, 0.5) is 11.4 Å². The van der Waals surface area contributed by atoms with Crippen molar-refractivity contribution in [2.75, 3.05) is 30.6 Å². The summed E-state index contributed by atoms with van der Waals surface area (Å²) in [6.45, 7) is 0. The van der Waals surface area contributed by atoms with E-state index in [1.807, 2.05) is 30.3 Å². The maximum atomic E-state index is 13.5. The number of ether oxygens (including phenoxy) is 2. The van der Waals surface area contributed by atoms with E-state index in [0.717, 1.165) is 9.37 Å². The normalized spacial score (nSPS) is 10.9. The van der Waals surface area contributed by atoms with E-state index in [9.17, 15) is 14.4 Å². The van der Waals surface area contributed by atoms with Gasteiger partial charge in [-0.05, 0) is 82.7 Å². The van der Waals surface area contributed by atoms with Crippen LogP contribution in [0.3, 0.4) is 0 Å². The maximum absolute atomic E-state index is 13.5. The summed E-state index contributed by atoms with van der Waals surface area (Å²) in [5, 5.41) is 8.44. The molecule has 0 aliphatic heterocycles. The van der Waals surface area contributed by atoms with Crippen LogP contribution in [-0.4, -0.2) is 37.7 Å². The van der Waals surface area contributed by atoms with E-state index in [1.165, 1.54) is 32.1 Å². The Labute approximate surface area is 256 Å². The van der Waals surface area contributed by atoms with Crippen molar-refractivity contribution >= 4 is 62.9 Å². The van der Waals surface area contributed by atoms with Crippen LogP contribution in [0, 0.1) is 0 Å². The van der Waals surface area contributed by atoms with Crippen molar-refractivity contribution in [1.29, 1.82) is 0 Å². The van der Waals surface area contributed by atoms with E-state index in [0.29, 0.717) is 34.0 Å². The summed E-state index contributed by atoms with van der Waals surface area (Å²) in [4.78, 5) is 39.8. The van der Waals surface area contributed by atoms with Crippen LogP contribution < -0.4 is 25.4 Å². The molecule has 8 nitrogen and oxygen atoms in total. The summed E-state index contributed by atoms with van der Waals surface area (Å²) in [5.74, 6) is 0.0746. The average molecular weight is 647 g/mol. The molecular weight excluding hydrogens is 618 g/mol. The molecule has 42 heavy (non-hydrogen) atoms. The van der Waals surface area contributed by atoms with Crippen molar-refractivity contribution in [3.8, 4) is 11.5 Å². The molecule has 0 heterocycles. The van der Waals surface area contributed by atoms with Crippen LogP contribution in [0.15, 0.2) is 112 Å². The highest BCUT2D eigenvalue weighted by Gasteiger charge is 2.17. The van der Waals surface area contributed by atoms with Crippen molar-refractivity contribution in [1.82, 2.24) is 5.32 Å². The minimum absolute atomic E-state index is 0.00118. The van der Waals surface area contributed by atoms with E-state index < -0.39 is 11.8 Å². The van der Waals surface area contributed by atoms with Crippen molar-refractivity contribution in [3.05, 3.63) is 118 Å². The maximum Gasteiger partial charge on any atom is 0.272 e. The van der Waals surface area contributed by atoms with Crippen molar-refractivity contribution in [2.45, 2.75) is 4.90 Å². The summed E-state index contributed by atoms with van der Waals surface area (Å²) in [7, 11) is 3.05. The Morgan fingerprint density at radius 1 is 0.833 bits per heavy atom. The first-order valence-corrected chi connectivity index (χ1v) is 14.5. The van der Waals surface area contributed by atoms with Gasteiger partial charge < -0.3 is 25.4 Å². The minimum atomic E-state index is -0.544. The minimum Gasteiger partial charge on any atom is -0.497 e. The molecule has 0 spiro atoms. The number of anilines is 2. The van der Waals surface area contributed by atoms with E-state index in [2.05, 4.69) is 31.9 Å². The molecule has 214 valence electrons. The molecule has 4 rings (SSSR count). The fourth-order valence-electron chi connectivity index (χ4n) is 3.81. The Morgan fingerprint density at radius 2 is 1.60 bits per heavy atom. The Hall–Kier alpha value is -4.54. The summed E-state index contributed by atoms with van der Waals surface area (Å²) >= 11 is 4.75. The number of hydrogen-bond donors (Lipinski definition) is 3. The Morgan fingerprint density at radius 3 is 2.33 bits per heavy atom. The SMILES string of the molecule is COc1ccc(OC)c(/C=C(/NC(=O)c2ccccc2)C(=O)Nc2cccc(SCC(=O)Nc3ccccc3Br)c2)c1. The van der Waals surface area contributed by atoms with E-state index >= 15 is 0 Å². The second-order valence-corrected chi connectivity index (χ2v) is 10.7. The van der Waals surface area contributed by atoms with Gasteiger partial charge in [-0.2, -0.15) is 0 Å². The molecule has 4 aromatic rings. The van der Waals surface area contributed by atoms with Crippen LogP contribution in [0.2, 0.25) is 0 Å². The lowest BCUT2D eigenvalue weighted by molar-refractivity contribution is -0.114. The smallest absolute Gasteiger partial charge is 0.272 e. The Kier molecular flexibility index (Phi) is 10.8. The summed E-state index contributed by atoms with van der Waals surface area (Å²) < 4.78 is 11.6. The molecule has 0 radical (unpaired) electrons. The first-order valence-electron chi connectivity index (χ1n) is 12.7. The van der Waals surface area contributed by atoms with Gasteiger partial charge >= 0.3 is 0 Å². The molecule has 0 bridgehead atoms. The number of rotatable bonds is 11. The molecular formula is C32H28BrN3O5S. The highest BCUT2D eigenvalue weighted by atomic mass is 79.9. The zero-order valence-electron chi connectivity index (χ0n) is 22.8. The lowest BCUT2D eigenvalue weighted by Crippen LogP contribution is -2.30. The van der Waals surface area contributed by atoms with Gasteiger partial charge in [0.2, 0.25) is 5.91 Å². The molecule has 0 saturated carbocycles. The number of carbonyl (C=O) groups is 3. The third-order valence-electron chi connectivity index (χ3n) is 5.88. The average Bonchev–Trinajstić information content (AvgIpc) is 3.01. The molecule has 0 atom stereocenters. The molecule has 0 saturated heterocycles. The number of nitrogens with one attached hydrogen (secondary N) is 3. The largest absolute Gasteiger partial charge is 0.497 e. The van der Waals surface area contributed by atoms with Crippen LogP contribution >= 0.6 is 27.7 Å². The zero-order chi connectivity index (χ0) is 29.9. The monoisotopic (exact) mass is 645 g/mol. The number of benzene rings is 4. The molecule has 3 amide bonds. The van der Waals surface area contributed by atoms with Crippen LogP contribution in [0.5, 0.6) is 11.5 Å². The number of para-hydroxylation sites is 1. The summed E-state index contributed by atoms with van der Waals surface area (Å²) in [6, 6.07) is 28.2. The van der Waals surface area contributed by atoms with Gasteiger partial charge in [-0.25, -0.2) is 0 Å². The number of hydrogen-bond acceptors (Lipinski definition) is 6. The fourth-order valence-corrected chi connectivity index (χ4v) is 4.95. The first kappa shape index (κ1) is 30.4. The van der Waals surface area contributed by atoms with Crippen molar-refractivity contribution in [3.63, 3.8) is 0 Å². The Balaban J connectivity index is 1.52. The van der Waals surface area contributed by atoms with Gasteiger partial charge in [-0.1, -0.05) is 36.4 Å². The van der Waals surface area contributed by atoms with Gasteiger partial charge in [0.25, 0.3) is 11.8 Å². The van der Waals surface area contributed by atoms with Gasteiger partial charge in [0.1, 0.15) is 17.2 Å². The third-order valence-corrected chi connectivity index (χ3v) is 7.56. The predicted octanol–water partition coefficient (Wildman–Crippen LogP) is 6.61. The van der Waals surface area contributed by atoms with E-state index in [1.54, 1.807) is 66.7 Å². The van der Waals surface area contributed by atoms with Gasteiger partial charge in [0, 0.05) is 26.2 Å². The second kappa shape index (κ2) is 14.9. The standard InChI is InChI=1S/C32H28BrN3O5S/c1-40-24-15-16-29(41-2)22(17-24)18-28(36-31(38)21-9-4-3-5-10-21)32(39)34-23-11-8-12-25(19-23)42-20-30(37)35-27-14-7-6-13-26(27)33/h3-19H,20H2,1-2H3,(H,34,39)(H,35,37)(H,36,38)/b28-18+. The quantitative estimate of drug-likeness (QED) is 0.125. The highest BCUT2D eigenvalue weighted by Crippen LogP contribution is 2.27. The fraction of sp³-hybridized carbons (Fsp3) is 0.0938. The lowest BCUT2D eigenvalue weighted by Gasteiger charge is -2.14. The number of amides is 3. The van der Waals surface area contributed by atoms with Crippen LogP contribution in [0.25, 0.3) is 6.08 Å². The zero-order valence-corrected chi connectivity index (χ0v) is 25.3. The van der Waals surface area contributed by atoms with E-state index in [4.69, 9.17) is 9.47 Å². The lowest BCUT2D eigenvalue weighted by atomic mass is 10.1. The topological polar surface area (TPSA) is 106 Å². The molecule has 3 N–H and O–H groups in total. The van der Waals surface area contributed by atoms with Gasteiger partial charge in [-0.15, -0.1) is 11.8 Å². The second-order valence-electron chi connectivity index (χ2n) is 8.78. The number of methoxy groups -OCH3 is 2. The molecule has 4 aromatic carbocycles. The van der Waals surface area contributed by atoms with E-state index in [-0.39, 0.29) is 17.4 Å². The third kappa shape index (κ3) is 8.48. The Bertz CT molecular complexity index is 1610. The number of carbonyl (C=O) groups excluding carboxylic acids is 3. The van der Waals surface area contributed by atoms with Gasteiger partial charge in [0.15, 0.2) is 0 Å². The highest BCUT2D eigenvalue weighted by molar-refractivity contribution is 9.10. The van der Waals surface area contributed by atoms with Gasteiger partial charge in [-0.3, -0.25) is 14.4 Å². The predicted molar refractivity (Wildman–Crippen MR) is 170 cm³/mol. The molecule has 0 aromatic heterocycles. The summed E-state index contributed by atoms with van der Waals surface area (Å²) in [6.07, 6.45) is 1.53. The molecule has 0 aliphatic carbocycles. The van der Waals surface area contributed by atoms with Crippen molar-refractivity contribution < 1.29 is 23.9 Å². The molecule has 0 fully saturated rings. The molecule has 0 unspecified atom stereocenters. The van der Waals surface area contributed by atoms with Crippen molar-refractivity contribution in [2.24, 2.45) is 0 Å². The molecule has 10 heteroatoms.